The van der Waals surface area contributed by atoms with Gasteiger partial charge in [0.15, 0.2) is 0 Å². The highest BCUT2D eigenvalue weighted by molar-refractivity contribution is 5.82. The fourth-order valence-corrected chi connectivity index (χ4v) is 0.973. The standard InChI is InChI=1S/C8H8O2.C4H6O3/c9-8(10)6-7-4-2-1-3-5-7;1-3(5)7-4(2)6/h1-5H,6H2,(H,9,10);1-2H3. The van der Waals surface area contributed by atoms with Gasteiger partial charge < -0.3 is 9.84 Å². The van der Waals surface area contributed by atoms with E-state index in [-0.39, 0.29) is 6.42 Å². The number of carbonyl (C=O) groups is 3. The first-order valence-electron chi connectivity index (χ1n) is 4.86. The maximum atomic E-state index is 10.2. The Balaban J connectivity index is 0.000000325. The predicted octanol–water partition coefficient (Wildman–Crippen LogP) is 1.41. The molecule has 0 heterocycles. The molecule has 0 unspecified atom stereocenters. The number of esters is 2. The van der Waals surface area contributed by atoms with Gasteiger partial charge in [0.2, 0.25) is 0 Å². The van der Waals surface area contributed by atoms with E-state index in [9.17, 15) is 14.4 Å². The molecule has 1 aromatic carbocycles. The minimum absolute atomic E-state index is 0.112. The maximum Gasteiger partial charge on any atom is 0.310 e. The van der Waals surface area contributed by atoms with Gasteiger partial charge >= 0.3 is 17.9 Å². The molecule has 0 saturated heterocycles. The van der Waals surface area contributed by atoms with Crippen LogP contribution in [0.25, 0.3) is 0 Å². The molecule has 5 heteroatoms. The van der Waals surface area contributed by atoms with Gasteiger partial charge in [-0.15, -0.1) is 0 Å². The topological polar surface area (TPSA) is 80.7 Å². The molecule has 0 aromatic heterocycles. The van der Waals surface area contributed by atoms with Gasteiger partial charge in [-0.05, 0) is 5.56 Å². The van der Waals surface area contributed by atoms with Crippen LogP contribution in [-0.4, -0.2) is 23.0 Å². The third-order valence-electron chi connectivity index (χ3n) is 1.49. The van der Waals surface area contributed by atoms with Crippen molar-refractivity contribution in [3.8, 4) is 0 Å². The van der Waals surface area contributed by atoms with Gasteiger partial charge in [0.05, 0.1) is 6.42 Å². The van der Waals surface area contributed by atoms with Crippen molar-refractivity contribution >= 4 is 17.9 Å². The molecule has 0 spiro atoms. The molecule has 17 heavy (non-hydrogen) atoms. The van der Waals surface area contributed by atoms with Crippen LogP contribution in [-0.2, 0) is 25.5 Å². The van der Waals surface area contributed by atoms with E-state index in [1.165, 1.54) is 13.8 Å². The number of hydrogen-bond donors (Lipinski definition) is 1. The molecule has 1 rings (SSSR count). The Kier molecular flexibility index (Phi) is 7.01. The summed E-state index contributed by atoms with van der Waals surface area (Å²) in [7, 11) is 0. The number of ether oxygens (including phenoxy) is 1. The van der Waals surface area contributed by atoms with Crippen LogP contribution < -0.4 is 0 Å². The summed E-state index contributed by atoms with van der Waals surface area (Å²) in [5.74, 6) is -1.91. The van der Waals surface area contributed by atoms with E-state index >= 15 is 0 Å². The highest BCUT2D eigenvalue weighted by Gasteiger charge is 1.96. The molecule has 0 aliphatic carbocycles. The van der Waals surface area contributed by atoms with Crippen molar-refractivity contribution in [1.29, 1.82) is 0 Å². The summed E-state index contributed by atoms with van der Waals surface area (Å²) < 4.78 is 3.97. The Labute approximate surface area is 99.0 Å². The molecule has 0 aliphatic rings. The van der Waals surface area contributed by atoms with Gasteiger partial charge in [-0.25, -0.2) is 0 Å². The van der Waals surface area contributed by atoms with Gasteiger partial charge in [0.1, 0.15) is 0 Å². The maximum absolute atomic E-state index is 10.2. The first kappa shape index (κ1) is 14.8. The number of carboxylic acid groups (broad SMARTS) is 1. The molecule has 0 saturated carbocycles. The van der Waals surface area contributed by atoms with Crippen molar-refractivity contribution in [2.24, 2.45) is 0 Å². The SMILES string of the molecule is CC(=O)OC(C)=O.O=C(O)Cc1ccccc1. The van der Waals surface area contributed by atoms with E-state index in [4.69, 9.17) is 5.11 Å². The number of benzene rings is 1. The molecule has 0 atom stereocenters. The summed E-state index contributed by atoms with van der Waals surface area (Å²) in [6.07, 6.45) is 0.112. The van der Waals surface area contributed by atoms with Crippen molar-refractivity contribution in [3.63, 3.8) is 0 Å². The Morgan fingerprint density at radius 1 is 1.06 bits per heavy atom. The van der Waals surface area contributed by atoms with E-state index in [1.54, 1.807) is 12.1 Å². The van der Waals surface area contributed by atoms with Crippen LogP contribution in [0.2, 0.25) is 0 Å². The lowest BCUT2D eigenvalue weighted by Gasteiger charge is -1.92. The van der Waals surface area contributed by atoms with Gasteiger partial charge in [-0.2, -0.15) is 0 Å². The Morgan fingerprint density at radius 3 is 1.82 bits per heavy atom. The molecule has 0 aliphatic heterocycles. The second-order valence-corrected chi connectivity index (χ2v) is 3.14. The molecule has 1 N–H and O–H groups in total. The van der Waals surface area contributed by atoms with Crippen molar-refractivity contribution < 1.29 is 24.2 Å². The van der Waals surface area contributed by atoms with Crippen molar-refractivity contribution in [2.45, 2.75) is 20.3 Å². The number of rotatable bonds is 2. The van der Waals surface area contributed by atoms with Gasteiger partial charge in [0, 0.05) is 13.8 Å². The summed E-state index contributed by atoms with van der Waals surface area (Å²) in [6, 6.07) is 9.13. The monoisotopic (exact) mass is 238 g/mol. The zero-order chi connectivity index (χ0) is 13.3. The normalized spacial score (nSPS) is 8.59. The summed E-state index contributed by atoms with van der Waals surface area (Å²) in [6.45, 7) is 2.36. The number of aliphatic carboxylic acids is 1. The molecule has 1 aromatic rings. The van der Waals surface area contributed by atoms with E-state index in [0.29, 0.717) is 0 Å². The molecule has 0 radical (unpaired) electrons. The van der Waals surface area contributed by atoms with Crippen LogP contribution in [0.4, 0.5) is 0 Å². The summed E-state index contributed by atoms with van der Waals surface area (Å²) in [5, 5.41) is 8.37. The molecule has 0 fully saturated rings. The van der Waals surface area contributed by atoms with Gasteiger partial charge in [0.25, 0.3) is 0 Å². The van der Waals surface area contributed by atoms with Crippen LogP contribution >= 0.6 is 0 Å². The summed E-state index contributed by atoms with van der Waals surface area (Å²) in [5.41, 5.74) is 0.843. The second kappa shape index (κ2) is 8.04. The molecule has 5 nitrogen and oxygen atoms in total. The zero-order valence-corrected chi connectivity index (χ0v) is 9.67. The number of hydrogen-bond acceptors (Lipinski definition) is 4. The van der Waals surface area contributed by atoms with Crippen LogP contribution in [0.5, 0.6) is 0 Å². The van der Waals surface area contributed by atoms with Crippen molar-refractivity contribution in [1.82, 2.24) is 0 Å². The molecular weight excluding hydrogens is 224 g/mol. The molecular formula is C12H14O5. The number of carbonyl (C=O) groups excluding carboxylic acids is 2. The first-order valence-corrected chi connectivity index (χ1v) is 4.86. The van der Waals surface area contributed by atoms with Crippen LogP contribution in [0.15, 0.2) is 30.3 Å². The lowest BCUT2D eigenvalue weighted by molar-refractivity contribution is -0.156. The smallest absolute Gasteiger partial charge is 0.310 e. The van der Waals surface area contributed by atoms with Crippen molar-refractivity contribution in [2.75, 3.05) is 0 Å². The summed E-state index contributed by atoms with van der Waals surface area (Å²) >= 11 is 0. The fraction of sp³-hybridized carbons (Fsp3) is 0.250. The van der Waals surface area contributed by atoms with Gasteiger partial charge in [-0.1, -0.05) is 30.3 Å². The van der Waals surface area contributed by atoms with Gasteiger partial charge in [-0.3, -0.25) is 14.4 Å². The summed E-state index contributed by atoms with van der Waals surface area (Å²) in [4.78, 5) is 29.8. The third kappa shape index (κ3) is 10.1. The third-order valence-corrected chi connectivity index (χ3v) is 1.49. The average molecular weight is 238 g/mol. The largest absolute Gasteiger partial charge is 0.481 e. The molecule has 92 valence electrons. The fourth-order valence-electron chi connectivity index (χ4n) is 0.973. The molecule has 0 bridgehead atoms. The van der Waals surface area contributed by atoms with Crippen molar-refractivity contribution in [3.05, 3.63) is 35.9 Å². The van der Waals surface area contributed by atoms with Crippen LogP contribution in [0, 0.1) is 0 Å². The lowest BCUT2D eigenvalue weighted by Crippen LogP contribution is -2.03. The van der Waals surface area contributed by atoms with E-state index in [2.05, 4.69) is 4.74 Å². The lowest BCUT2D eigenvalue weighted by atomic mass is 10.2. The quantitative estimate of drug-likeness (QED) is 0.622. The molecule has 0 amide bonds. The Bertz CT molecular complexity index is 371. The first-order chi connectivity index (χ1) is 7.91. The van der Waals surface area contributed by atoms with E-state index in [0.717, 1.165) is 5.56 Å². The zero-order valence-electron chi connectivity index (χ0n) is 9.67. The highest BCUT2D eigenvalue weighted by atomic mass is 16.6. The predicted molar refractivity (Wildman–Crippen MR) is 60.2 cm³/mol. The Morgan fingerprint density at radius 2 is 1.53 bits per heavy atom. The second-order valence-electron chi connectivity index (χ2n) is 3.14. The number of carboxylic acids is 1. The Hall–Kier alpha value is -2.17. The minimum atomic E-state index is -0.786. The average Bonchev–Trinajstić information content (AvgIpc) is 2.16. The van der Waals surface area contributed by atoms with Crippen LogP contribution in [0.1, 0.15) is 19.4 Å². The van der Waals surface area contributed by atoms with E-state index < -0.39 is 17.9 Å². The van der Waals surface area contributed by atoms with E-state index in [1.807, 2.05) is 18.2 Å². The highest BCUT2D eigenvalue weighted by Crippen LogP contribution is 1.98. The minimum Gasteiger partial charge on any atom is -0.481 e. The van der Waals surface area contributed by atoms with Crippen LogP contribution in [0.3, 0.4) is 0 Å².